The maximum atomic E-state index is 4.61. The highest BCUT2D eigenvalue weighted by molar-refractivity contribution is 5.43. The Labute approximate surface area is 150 Å². The van der Waals surface area contributed by atoms with Gasteiger partial charge in [-0.25, -0.2) is 4.98 Å². The Morgan fingerprint density at radius 1 is 1.04 bits per heavy atom. The van der Waals surface area contributed by atoms with Crippen LogP contribution in [-0.2, 0) is 6.54 Å². The first-order valence-corrected chi connectivity index (χ1v) is 9.26. The predicted octanol–water partition coefficient (Wildman–Crippen LogP) is 5.01. The largest absolute Gasteiger partial charge is 0.370 e. The fraction of sp³-hybridized carbons (Fsp3) is 0.429. The fourth-order valence-electron chi connectivity index (χ4n) is 3.20. The Morgan fingerprint density at radius 2 is 1.92 bits per heavy atom. The Morgan fingerprint density at radius 3 is 2.72 bits per heavy atom. The molecule has 0 amide bonds. The van der Waals surface area contributed by atoms with E-state index in [9.17, 15) is 0 Å². The molecule has 4 nitrogen and oxygen atoms in total. The Kier molecular flexibility index (Phi) is 6.04. The minimum Gasteiger partial charge on any atom is -0.370 e. The third-order valence-electron chi connectivity index (χ3n) is 4.69. The normalized spacial score (nSPS) is 14.1. The summed E-state index contributed by atoms with van der Waals surface area (Å²) in [4.78, 5) is 9.11. The van der Waals surface area contributed by atoms with Gasteiger partial charge in [-0.05, 0) is 57.1 Å². The molecule has 0 aliphatic heterocycles. The predicted molar refractivity (Wildman–Crippen MR) is 105 cm³/mol. The van der Waals surface area contributed by atoms with E-state index in [1.165, 1.54) is 36.8 Å². The lowest BCUT2D eigenvalue weighted by Crippen LogP contribution is -2.10. The van der Waals surface area contributed by atoms with Crippen molar-refractivity contribution < 1.29 is 0 Å². The van der Waals surface area contributed by atoms with Gasteiger partial charge < -0.3 is 10.6 Å². The van der Waals surface area contributed by atoms with Gasteiger partial charge in [0.15, 0.2) is 0 Å². The quantitative estimate of drug-likeness (QED) is 0.698. The van der Waals surface area contributed by atoms with E-state index in [0.29, 0.717) is 5.95 Å². The van der Waals surface area contributed by atoms with Crippen molar-refractivity contribution in [3.8, 4) is 0 Å². The lowest BCUT2D eigenvalue weighted by Gasteiger charge is -2.14. The third-order valence-corrected chi connectivity index (χ3v) is 4.69. The van der Waals surface area contributed by atoms with Crippen LogP contribution in [0, 0.1) is 13.8 Å². The molecule has 2 N–H and O–H groups in total. The number of aryl methyl sites for hydroxylation is 2. The van der Waals surface area contributed by atoms with E-state index < -0.39 is 0 Å². The van der Waals surface area contributed by atoms with E-state index in [4.69, 9.17) is 0 Å². The number of hydrogen-bond acceptors (Lipinski definition) is 4. The number of allylic oxidation sites excluding steroid dienone is 1. The van der Waals surface area contributed by atoms with Crippen molar-refractivity contribution in [2.45, 2.75) is 52.5 Å². The third kappa shape index (κ3) is 5.31. The van der Waals surface area contributed by atoms with Crippen LogP contribution < -0.4 is 10.6 Å². The number of benzene rings is 1. The van der Waals surface area contributed by atoms with Crippen LogP contribution in [0.15, 0.2) is 42.0 Å². The number of nitrogens with one attached hydrogen (secondary N) is 2. The Balaban J connectivity index is 1.56. The lowest BCUT2D eigenvalue weighted by molar-refractivity contribution is 0.679. The zero-order valence-electron chi connectivity index (χ0n) is 15.3. The maximum absolute atomic E-state index is 4.61. The van der Waals surface area contributed by atoms with Crippen molar-refractivity contribution >= 4 is 11.8 Å². The molecule has 0 saturated heterocycles. The van der Waals surface area contributed by atoms with Crippen molar-refractivity contribution in [1.29, 1.82) is 0 Å². The number of hydrogen-bond donors (Lipinski definition) is 2. The van der Waals surface area contributed by atoms with E-state index in [1.54, 1.807) is 5.57 Å². The Hall–Kier alpha value is -2.36. The molecule has 2 aromatic rings. The summed E-state index contributed by atoms with van der Waals surface area (Å²) >= 11 is 0. The molecule has 0 spiro atoms. The second kappa shape index (κ2) is 8.65. The number of nitrogens with zero attached hydrogens (tertiary/aromatic N) is 2. The van der Waals surface area contributed by atoms with E-state index in [-0.39, 0.29) is 0 Å². The molecule has 1 aliphatic rings. The molecule has 0 radical (unpaired) electrons. The second-order valence-electron chi connectivity index (χ2n) is 6.78. The molecule has 0 atom stereocenters. The van der Waals surface area contributed by atoms with Gasteiger partial charge in [0, 0.05) is 24.8 Å². The smallest absolute Gasteiger partial charge is 0.225 e. The number of aromatic nitrogens is 2. The van der Waals surface area contributed by atoms with Crippen molar-refractivity contribution in [2.24, 2.45) is 0 Å². The molecule has 1 aromatic carbocycles. The van der Waals surface area contributed by atoms with Crippen LogP contribution in [0.2, 0.25) is 0 Å². The van der Waals surface area contributed by atoms with Gasteiger partial charge in [0.05, 0.1) is 0 Å². The highest BCUT2D eigenvalue weighted by Crippen LogP contribution is 2.20. The SMILES string of the molecule is Cc1cc(NCCC2=CCCCC2)nc(NCc2ccccc2C)n1. The monoisotopic (exact) mass is 336 g/mol. The molecule has 4 heteroatoms. The van der Waals surface area contributed by atoms with E-state index in [1.807, 2.05) is 13.0 Å². The first-order valence-electron chi connectivity index (χ1n) is 9.26. The molecule has 1 aromatic heterocycles. The highest BCUT2D eigenvalue weighted by atomic mass is 15.1. The van der Waals surface area contributed by atoms with E-state index >= 15 is 0 Å². The van der Waals surface area contributed by atoms with Crippen LogP contribution in [0.25, 0.3) is 0 Å². The maximum Gasteiger partial charge on any atom is 0.225 e. The minimum atomic E-state index is 0.683. The average Bonchev–Trinajstić information content (AvgIpc) is 2.62. The van der Waals surface area contributed by atoms with E-state index in [0.717, 1.165) is 31.0 Å². The summed E-state index contributed by atoms with van der Waals surface area (Å²) in [5.41, 5.74) is 5.11. The van der Waals surface area contributed by atoms with Crippen LogP contribution in [0.3, 0.4) is 0 Å². The Bertz CT molecular complexity index is 736. The zero-order chi connectivity index (χ0) is 17.5. The molecule has 25 heavy (non-hydrogen) atoms. The van der Waals surface area contributed by atoms with E-state index in [2.05, 4.69) is 57.9 Å². The summed E-state index contributed by atoms with van der Waals surface area (Å²) in [6.07, 6.45) is 8.70. The molecule has 1 aliphatic carbocycles. The molecular weight excluding hydrogens is 308 g/mol. The van der Waals surface area contributed by atoms with Gasteiger partial charge in [-0.1, -0.05) is 35.9 Å². The van der Waals surface area contributed by atoms with Crippen molar-refractivity contribution in [2.75, 3.05) is 17.2 Å². The minimum absolute atomic E-state index is 0.683. The molecule has 3 rings (SSSR count). The summed E-state index contributed by atoms with van der Waals surface area (Å²) in [6, 6.07) is 10.4. The molecular formula is C21H28N4. The summed E-state index contributed by atoms with van der Waals surface area (Å²) in [6.45, 7) is 5.80. The van der Waals surface area contributed by atoms with Gasteiger partial charge >= 0.3 is 0 Å². The van der Waals surface area contributed by atoms with Crippen LogP contribution in [0.1, 0.15) is 48.9 Å². The zero-order valence-corrected chi connectivity index (χ0v) is 15.3. The van der Waals surface area contributed by atoms with Gasteiger partial charge in [-0.3, -0.25) is 0 Å². The van der Waals surface area contributed by atoms with Gasteiger partial charge in [0.2, 0.25) is 5.95 Å². The molecule has 0 bridgehead atoms. The summed E-state index contributed by atoms with van der Waals surface area (Å²) in [7, 11) is 0. The molecule has 0 fully saturated rings. The molecule has 132 valence electrons. The first-order chi connectivity index (χ1) is 12.2. The van der Waals surface area contributed by atoms with Gasteiger partial charge in [-0.2, -0.15) is 4.98 Å². The standard InChI is InChI=1S/C21H28N4/c1-16-8-6-7-11-19(16)15-23-21-24-17(2)14-20(25-21)22-13-12-18-9-4-3-5-10-18/h6-9,11,14H,3-5,10,12-13,15H2,1-2H3,(H2,22,23,24,25). The lowest BCUT2D eigenvalue weighted by atomic mass is 9.97. The average molecular weight is 336 g/mol. The summed E-state index contributed by atoms with van der Waals surface area (Å²) in [5.74, 6) is 1.58. The fourth-order valence-corrected chi connectivity index (χ4v) is 3.20. The van der Waals surface area contributed by atoms with Crippen LogP contribution in [0.4, 0.5) is 11.8 Å². The highest BCUT2D eigenvalue weighted by Gasteiger charge is 2.06. The number of anilines is 2. The molecule has 0 saturated carbocycles. The van der Waals surface area contributed by atoms with Gasteiger partial charge in [0.25, 0.3) is 0 Å². The second-order valence-corrected chi connectivity index (χ2v) is 6.78. The van der Waals surface area contributed by atoms with Crippen molar-refractivity contribution in [1.82, 2.24) is 9.97 Å². The molecule has 0 unspecified atom stereocenters. The van der Waals surface area contributed by atoms with Crippen molar-refractivity contribution in [3.05, 3.63) is 58.8 Å². The topological polar surface area (TPSA) is 49.8 Å². The molecule has 1 heterocycles. The van der Waals surface area contributed by atoms with Crippen LogP contribution in [-0.4, -0.2) is 16.5 Å². The van der Waals surface area contributed by atoms with Gasteiger partial charge in [-0.15, -0.1) is 0 Å². The summed E-state index contributed by atoms with van der Waals surface area (Å²) < 4.78 is 0. The summed E-state index contributed by atoms with van der Waals surface area (Å²) in [5, 5.41) is 6.80. The van der Waals surface area contributed by atoms with Crippen molar-refractivity contribution in [3.63, 3.8) is 0 Å². The number of rotatable bonds is 7. The van der Waals surface area contributed by atoms with Crippen LogP contribution in [0.5, 0.6) is 0 Å². The van der Waals surface area contributed by atoms with Crippen LogP contribution >= 0.6 is 0 Å². The first kappa shape index (κ1) is 17.5. The van der Waals surface area contributed by atoms with Gasteiger partial charge in [0.1, 0.15) is 5.82 Å².